The minimum absolute atomic E-state index is 0.110. The summed E-state index contributed by atoms with van der Waals surface area (Å²) in [6.45, 7) is 3.07. The van der Waals surface area contributed by atoms with Gasteiger partial charge < -0.3 is 19.5 Å². The number of nitrogens with one attached hydrogen (secondary N) is 1. The maximum atomic E-state index is 12.7. The van der Waals surface area contributed by atoms with Gasteiger partial charge in [-0.2, -0.15) is 0 Å². The number of benzene rings is 1. The van der Waals surface area contributed by atoms with Gasteiger partial charge >= 0.3 is 0 Å². The van der Waals surface area contributed by atoms with Gasteiger partial charge in [0.15, 0.2) is 0 Å². The van der Waals surface area contributed by atoms with E-state index in [2.05, 4.69) is 12.2 Å². The first-order valence-corrected chi connectivity index (χ1v) is 8.66. The van der Waals surface area contributed by atoms with Crippen molar-refractivity contribution in [2.45, 2.75) is 38.2 Å². The lowest BCUT2D eigenvalue weighted by atomic mass is 9.78. The molecule has 2 atom stereocenters. The summed E-state index contributed by atoms with van der Waals surface area (Å²) < 4.78 is 16.1. The largest absolute Gasteiger partial charge is 0.490 e. The molecule has 0 saturated heterocycles. The summed E-state index contributed by atoms with van der Waals surface area (Å²) in [7, 11) is 3.22. The number of hydrogen-bond acceptors (Lipinski definition) is 4. The summed E-state index contributed by atoms with van der Waals surface area (Å²) in [6, 6.07) is 5.22. The fourth-order valence-electron chi connectivity index (χ4n) is 3.16. The molecule has 24 heavy (non-hydrogen) atoms. The maximum absolute atomic E-state index is 12.7. The predicted octanol–water partition coefficient (Wildman–Crippen LogP) is 3.90. The first-order valence-electron chi connectivity index (χ1n) is 8.28. The number of rotatable bonds is 7. The van der Waals surface area contributed by atoms with Crippen LogP contribution in [0.2, 0.25) is 5.02 Å². The fraction of sp³-hybridized carbons (Fsp3) is 0.611. The second kappa shape index (κ2) is 8.70. The van der Waals surface area contributed by atoms with Crippen LogP contribution in [0.3, 0.4) is 0 Å². The van der Waals surface area contributed by atoms with E-state index < -0.39 is 5.60 Å². The van der Waals surface area contributed by atoms with Gasteiger partial charge in [0.2, 0.25) is 0 Å². The summed E-state index contributed by atoms with van der Waals surface area (Å²) in [5, 5.41) is 3.38. The lowest BCUT2D eigenvalue weighted by Crippen LogP contribution is -2.47. The molecular weight excluding hydrogens is 330 g/mol. The molecule has 0 aliphatic heterocycles. The average Bonchev–Trinajstić information content (AvgIpc) is 2.56. The minimum Gasteiger partial charge on any atom is -0.490 e. The van der Waals surface area contributed by atoms with Crippen molar-refractivity contribution < 1.29 is 19.0 Å². The van der Waals surface area contributed by atoms with Crippen molar-refractivity contribution in [2.24, 2.45) is 5.92 Å². The number of hydrogen-bond donors (Lipinski definition) is 1. The Hall–Kier alpha value is -1.30. The lowest BCUT2D eigenvalue weighted by molar-refractivity contribution is -0.143. The predicted molar refractivity (Wildman–Crippen MR) is 94.8 cm³/mol. The van der Waals surface area contributed by atoms with Crippen molar-refractivity contribution in [1.82, 2.24) is 0 Å². The van der Waals surface area contributed by atoms with E-state index in [1.54, 1.807) is 32.4 Å². The molecule has 1 aromatic carbocycles. The first-order chi connectivity index (χ1) is 11.5. The van der Waals surface area contributed by atoms with E-state index in [4.69, 9.17) is 25.8 Å². The smallest absolute Gasteiger partial charge is 0.256 e. The molecule has 1 N–H and O–H groups in total. The molecule has 0 heterocycles. The molecule has 0 radical (unpaired) electrons. The zero-order valence-corrected chi connectivity index (χ0v) is 15.3. The molecule has 0 bridgehead atoms. The molecule has 134 valence electrons. The number of carbonyl (C=O) groups excluding carboxylic acids is 1. The zero-order chi connectivity index (χ0) is 17.6. The SMILES string of the molecule is COCCOc1ccc(NC(=O)[C@@]2(OC)CCC[C@@H](C)C2)cc1Cl. The fourth-order valence-corrected chi connectivity index (χ4v) is 3.40. The maximum Gasteiger partial charge on any atom is 0.256 e. The zero-order valence-electron chi connectivity index (χ0n) is 14.6. The van der Waals surface area contributed by atoms with Crippen LogP contribution in [0.5, 0.6) is 5.75 Å². The third kappa shape index (κ3) is 4.62. The quantitative estimate of drug-likeness (QED) is 0.754. The van der Waals surface area contributed by atoms with Gasteiger partial charge in [0.25, 0.3) is 5.91 Å². The molecule has 0 unspecified atom stereocenters. The molecule has 6 heteroatoms. The molecule has 2 rings (SSSR count). The molecule has 1 amide bonds. The van der Waals surface area contributed by atoms with Crippen LogP contribution in [0.1, 0.15) is 32.6 Å². The van der Waals surface area contributed by atoms with Crippen molar-refractivity contribution in [3.8, 4) is 5.75 Å². The number of ether oxygens (including phenoxy) is 3. The number of halogens is 1. The van der Waals surface area contributed by atoms with Crippen LogP contribution in [0, 0.1) is 5.92 Å². The van der Waals surface area contributed by atoms with Gasteiger partial charge in [-0.05, 0) is 43.4 Å². The van der Waals surface area contributed by atoms with Gasteiger partial charge in [-0.15, -0.1) is 0 Å². The summed E-state index contributed by atoms with van der Waals surface area (Å²) >= 11 is 6.22. The van der Waals surface area contributed by atoms with E-state index in [-0.39, 0.29) is 5.91 Å². The Morgan fingerprint density at radius 2 is 2.17 bits per heavy atom. The molecule has 0 spiro atoms. The van der Waals surface area contributed by atoms with Gasteiger partial charge in [0, 0.05) is 19.9 Å². The average molecular weight is 356 g/mol. The van der Waals surface area contributed by atoms with Crippen LogP contribution in [0.15, 0.2) is 18.2 Å². The minimum atomic E-state index is -0.752. The first kappa shape index (κ1) is 19.0. The van der Waals surface area contributed by atoms with Crippen LogP contribution in [-0.2, 0) is 14.3 Å². The van der Waals surface area contributed by atoms with E-state index in [1.165, 1.54) is 0 Å². The van der Waals surface area contributed by atoms with E-state index in [9.17, 15) is 4.79 Å². The topological polar surface area (TPSA) is 56.8 Å². The highest BCUT2D eigenvalue weighted by atomic mass is 35.5. The highest BCUT2D eigenvalue weighted by Gasteiger charge is 2.42. The Balaban J connectivity index is 2.04. The highest BCUT2D eigenvalue weighted by Crippen LogP contribution is 2.36. The molecule has 1 aromatic rings. The van der Waals surface area contributed by atoms with Gasteiger partial charge in [0.05, 0.1) is 11.6 Å². The third-order valence-corrected chi connectivity index (χ3v) is 4.79. The van der Waals surface area contributed by atoms with Crippen molar-refractivity contribution in [3.63, 3.8) is 0 Å². The second-order valence-electron chi connectivity index (χ2n) is 6.34. The van der Waals surface area contributed by atoms with Gasteiger partial charge in [0.1, 0.15) is 18.0 Å². The Labute approximate surface area is 148 Å². The van der Waals surface area contributed by atoms with Gasteiger partial charge in [-0.1, -0.05) is 24.9 Å². The molecule has 1 aliphatic rings. The van der Waals surface area contributed by atoms with Gasteiger partial charge in [-0.3, -0.25) is 4.79 Å². The number of methoxy groups -OCH3 is 2. The van der Waals surface area contributed by atoms with Crippen molar-refractivity contribution in [2.75, 3.05) is 32.8 Å². The van der Waals surface area contributed by atoms with Crippen molar-refractivity contribution in [3.05, 3.63) is 23.2 Å². The van der Waals surface area contributed by atoms with Crippen molar-refractivity contribution in [1.29, 1.82) is 0 Å². The van der Waals surface area contributed by atoms with Gasteiger partial charge in [-0.25, -0.2) is 0 Å². The second-order valence-corrected chi connectivity index (χ2v) is 6.75. The molecule has 5 nitrogen and oxygen atoms in total. The Morgan fingerprint density at radius 3 is 2.79 bits per heavy atom. The van der Waals surface area contributed by atoms with Crippen molar-refractivity contribution >= 4 is 23.2 Å². The van der Waals surface area contributed by atoms with Crippen LogP contribution < -0.4 is 10.1 Å². The number of carbonyl (C=O) groups is 1. The highest BCUT2D eigenvalue weighted by molar-refractivity contribution is 6.32. The summed E-state index contributed by atoms with van der Waals surface area (Å²) in [5.74, 6) is 0.935. The van der Waals surface area contributed by atoms with Crippen LogP contribution in [-0.4, -0.2) is 38.9 Å². The molecule has 0 aromatic heterocycles. The Kier molecular flexibility index (Phi) is 6.90. The van der Waals surface area contributed by atoms with E-state index >= 15 is 0 Å². The Morgan fingerprint density at radius 1 is 1.38 bits per heavy atom. The van der Waals surface area contributed by atoms with E-state index in [0.717, 1.165) is 25.7 Å². The number of amides is 1. The monoisotopic (exact) mass is 355 g/mol. The van der Waals surface area contributed by atoms with E-state index in [1.807, 2.05) is 0 Å². The lowest BCUT2D eigenvalue weighted by Gasteiger charge is -2.37. The number of anilines is 1. The normalized spacial score (nSPS) is 23.8. The molecule has 1 fully saturated rings. The Bertz CT molecular complexity index is 566. The van der Waals surface area contributed by atoms with Crippen LogP contribution in [0.25, 0.3) is 0 Å². The molecule has 1 aliphatic carbocycles. The third-order valence-electron chi connectivity index (χ3n) is 4.50. The molecule has 1 saturated carbocycles. The van der Waals surface area contributed by atoms with Crippen LogP contribution >= 0.6 is 11.6 Å². The van der Waals surface area contributed by atoms with Crippen LogP contribution in [0.4, 0.5) is 5.69 Å². The standard InChI is InChI=1S/C18H26ClNO4/c1-13-5-4-8-18(12-13,23-3)17(21)20-14-6-7-16(15(19)11-14)24-10-9-22-2/h6-7,11,13H,4-5,8-10,12H2,1-3H3,(H,20,21)/t13-,18-/m1/s1. The summed E-state index contributed by atoms with van der Waals surface area (Å²) in [4.78, 5) is 12.7. The summed E-state index contributed by atoms with van der Waals surface area (Å²) in [5.41, 5.74) is -0.114. The molecular formula is C18H26ClNO4. The summed E-state index contributed by atoms with van der Waals surface area (Å²) in [6.07, 6.45) is 3.61. The van der Waals surface area contributed by atoms with E-state index in [0.29, 0.717) is 35.6 Å².